The smallest absolute Gasteiger partial charge is 0.0765 e. The van der Waals surface area contributed by atoms with Gasteiger partial charge in [-0.15, -0.1) is 22.7 Å². The molecule has 0 saturated heterocycles. The molecule has 0 radical (unpaired) electrons. The van der Waals surface area contributed by atoms with Crippen LogP contribution in [0.3, 0.4) is 0 Å². The highest BCUT2D eigenvalue weighted by atomic mass is 32.1. The van der Waals surface area contributed by atoms with Gasteiger partial charge in [0.2, 0.25) is 0 Å². The number of hydrogen-bond donors (Lipinski definition) is 1. The van der Waals surface area contributed by atoms with Gasteiger partial charge in [0.15, 0.2) is 0 Å². The SMILES string of the molecule is CC(CNC(c1cccs1)c1cccs1)N(C)C. The molecular weight excluding hydrogens is 260 g/mol. The lowest BCUT2D eigenvalue weighted by molar-refractivity contribution is 0.298. The van der Waals surface area contributed by atoms with Crippen LogP contribution in [-0.2, 0) is 0 Å². The van der Waals surface area contributed by atoms with E-state index in [1.807, 2.05) is 22.7 Å². The molecule has 0 bridgehead atoms. The fourth-order valence-electron chi connectivity index (χ4n) is 1.72. The van der Waals surface area contributed by atoms with E-state index < -0.39 is 0 Å². The minimum absolute atomic E-state index is 0.340. The summed E-state index contributed by atoms with van der Waals surface area (Å²) in [5, 5.41) is 7.98. The summed E-state index contributed by atoms with van der Waals surface area (Å²) in [4.78, 5) is 5.03. The van der Waals surface area contributed by atoms with E-state index >= 15 is 0 Å². The summed E-state index contributed by atoms with van der Waals surface area (Å²) in [5.41, 5.74) is 0. The highest BCUT2D eigenvalue weighted by Crippen LogP contribution is 2.29. The molecule has 2 heterocycles. The molecule has 0 aromatic carbocycles. The van der Waals surface area contributed by atoms with Crippen molar-refractivity contribution >= 4 is 22.7 Å². The van der Waals surface area contributed by atoms with Crippen LogP contribution in [0.4, 0.5) is 0 Å². The van der Waals surface area contributed by atoms with Crippen LogP contribution in [-0.4, -0.2) is 31.6 Å². The molecule has 2 aromatic heterocycles. The van der Waals surface area contributed by atoms with E-state index in [9.17, 15) is 0 Å². The summed E-state index contributed by atoms with van der Waals surface area (Å²) < 4.78 is 0. The van der Waals surface area contributed by atoms with Gasteiger partial charge in [-0.1, -0.05) is 12.1 Å². The standard InChI is InChI=1S/C14H20N2S2/c1-11(16(2)3)10-15-14(12-6-4-8-17-12)13-7-5-9-18-13/h4-9,11,14-15H,10H2,1-3H3. The summed E-state index contributed by atoms with van der Waals surface area (Å²) in [5.74, 6) is 0. The molecule has 0 aliphatic heterocycles. The van der Waals surface area contributed by atoms with Crippen molar-refractivity contribution < 1.29 is 0 Å². The molecule has 0 saturated carbocycles. The summed E-state index contributed by atoms with van der Waals surface area (Å²) in [6.45, 7) is 3.24. The zero-order valence-electron chi connectivity index (χ0n) is 11.1. The number of nitrogens with zero attached hydrogens (tertiary/aromatic N) is 1. The third-order valence-corrected chi connectivity index (χ3v) is 5.03. The first kappa shape index (κ1) is 13.7. The molecule has 0 amide bonds. The lowest BCUT2D eigenvalue weighted by atomic mass is 10.2. The Morgan fingerprint density at radius 3 is 2.06 bits per heavy atom. The Balaban J connectivity index is 2.07. The maximum absolute atomic E-state index is 3.68. The summed E-state index contributed by atoms with van der Waals surface area (Å²) in [6.07, 6.45) is 0. The number of rotatable bonds is 6. The van der Waals surface area contributed by atoms with Crippen LogP contribution in [0, 0.1) is 0 Å². The normalized spacial score (nSPS) is 13.4. The average Bonchev–Trinajstić information content (AvgIpc) is 3.01. The quantitative estimate of drug-likeness (QED) is 0.872. The monoisotopic (exact) mass is 280 g/mol. The zero-order valence-corrected chi connectivity index (χ0v) is 12.7. The Morgan fingerprint density at radius 1 is 1.11 bits per heavy atom. The number of thiophene rings is 2. The van der Waals surface area contributed by atoms with Gasteiger partial charge in [0.05, 0.1) is 6.04 Å². The number of nitrogens with one attached hydrogen (secondary N) is 1. The van der Waals surface area contributed by atoms with Crippen LogP contribution >= 0.6 is 22.7 Å². The second-order valence-corrected chi connectivity index (χ2v) is 6.64. The first-order valence-electron chi connectivity index (χ1n) is 6.15. The van der Waals surface area contributed by atoms with Crippen LogP contribution in [0.15, 0.2) is 35.0 Å². The Kier molecular flexibility index (Phi) is 4.95. The van der Waals surface area contributed by atoms with Gasteiger partial charge in [0.1, 0.15) is 0 Å². The van der Waals surface area contributed by atoms with E-state index in [2.05, 4.69) is 66.3 Å². The number of likely N-dealkylation sites (N-methyl/N-ethyl adjacent to an activating group) is 1. The third-order valence-electron chi connectivity index (χ3n) is 3.15. The molecule has 2 nitrogen and oxygen atoms in total. The largest absolute Gasteiger partial charge is 0.305 e. The van der Waals surface area contributed by atoms with Crippen molar-refractivity contribution in [3.05, 3.63) is 44.8 Å². The lowest BCUT2D eigenvalue weighted by Crippen LogP contribution is -2.37. The van der Waals surface area contributed by atoms with E-state index in [-0.39, 0.29) is 0 Å². The minimum atomic E-state index is 0.340. The van der Waals surface area contributed by atoms with Crippen LogP contribution < -0.4 is 5.32 Å². The second kappa shape index (κ2) is 6.48. The molecule has 0 aliphatic rings. The number of hydrogen-bond acceptors (Lipinski definition) is 4. The van der Waals surface area contributed by atoms with Crippen LogP contribution in [0.2, 0.25) is 0 Å². The van der Waals surface area contributed by atoms with Gasteiger partial charge >= 0.3 is 0 Å². The third kappa shape index (κ3) is 3.42. The summed E-state index contributed by atoms with van der Waals surface area (Å²) in [6, 6.07) is 9.54. The second-order valence-electron chi connectivity index (χ2n) is 4.68. The molecular formula is C14H20N2S2. The zero-order chi connectivity index (χ0) is 13.0. The van der Waals surface area contributed by atoms with E-state index in [0.29, 0.717) is 12.1 Å². The van der Waals surface area contributed by atoms with Crippen molar-refractivity contribution in [1.82, 2.24) is 10.2 Å². The summed E-state index contributed by atoms with van der Waals surface area (Å²) in [7, 11) is 4.25. The molecule has 2 aromatic rings. The first-order chi connectivity index (χ1) is 8.68. The Bertz CT molecular complexity index is 400. The van der Waals surface area contributed by atoms with E-state index in [1.165, 1.54) is 9.75 Å². The van der Waals surface area contributed by atoms with Crippen LogP contribution in [0.5, 0.6) is 0 Å². The Labute approximate surface area is 117 Å². The molecule has 0 spiro atoms. The Morgan fingerprint density at radius 2 is 1.67 bits per heavy atom. The van der Waals surface area contributed by atoms with E-state index in [1.54, 1.807) is 0 Å². The lowest BCUT2D eigenvalue weighted by Gasteiger charge is -2.23. The van der Waals surface area contributed by atoms with Crippen molar-refractivity contribution in [1.29, 1.82) is 0 Å². The molecule has 2 rings (SSSR count). The topological polar surface area (TPSA) is 15.3 Å². The maximum atomic E-state index is 3.68. The molecule has 0 fully saturated rings. The van der Waals surface area contributed by atoms with Crippen molar-refractivity contribution in [2.24, 2.45) is 0 Å². The molecule has 4 heteroatoms. The molecule has 1 N–H and O–H groups in total. The van der Waals surface area contributed by atoms with E-state index in [0.717, 1.165) is 6.54 Å². The van der Waals surface area contributed by atoms with E-state index in [4.69, 9.17) is 0 Å². The molecule has 0 aliphatic carbocycles. The Hall–Kier alpha value is -0.680. The van der Waals surface area contributed by atoms with Gasteiger partial charge in [-0.3, -0.25) is 0 Å². The molecule has 1 atom stereocenters. The fourth-order valence-corrected chi connectivity index (χ4v) is 3.43. The average molecular weight is 280 g/mol. The van der Waals surface area contributed by atoms with Gasteiger partial charge < -0.3 is 10.2 Å². The van der Waals surface area contributed by atoms with Gasteiger partial charge in [0.25, 0.3) is 0 Å². The maximum Gasteiger partial charge on any atom is 0.0765 e. The summed E-state index contributed by atoms with van der Waals surface area (Å²) >= 11 is 3.64. The van der Waals surface area contributed by atoms with Gasteiger partial charge in [-0.2, -0.15) is 0 Å². The first-order valence-corrected chi connectivity index (χ1v) is 7.91. The van der Waals surface area contributed by atoms with Gasteiger partial charge in [-0.05, 0) is 43.9 Å². The van der Waals surface area contributed by atoms with Crippen LogP contribution in [0.1, 0.15) is 22.7 Å². The molecule has 18 heavy (non-hydrogen) atoms. The van der Waals surface area contributed by atoms with Crippen molar-refractivity contribution in [3.8, 4) is 0 Å². The predicted octanol–water partition coefficient (Wildman–Crippen LogP) is 3.44. The molecule has 98 valence electrons. The van der Waals surface area contributed by atoms with Crippen LogP contribution in [0.25, 0.3) is 0 Å². The predicted molar refractivity (Wildman–Crippen MR) is 81.6 cm³/mol. The minimum Gasteiger partial charge on any atom is -0.305 e. The molecule has 1 unspecified atom stereocenters. The van der Waals surface area contributed by atoms with Crippen molar-refractivity contribution in [2.45, 2.75) is 19.0 Å². The van der Waals surface area contributed by atoms with Gasteiger partial charge in [-0.25, -0.2) is 0 Å². The highest BCUT2D eigenvalue weighted by Gasteiger charge is 2.17. The van der Waals surface area contributed by atoms with Gasteiger partial charge in [0, 0.05) is 22.3 Å². The highest BCUT2D eigenvalue weighted by molar-refractivity contribution is 7.11. The fraction of sp³-hybridized carbons (Fsp3) is 0.429. The van der Waals surface area contributed by atoms with Crippen molar-refractivity contribution in [2.75, 3.05) is 20.6 Å². The van der Waals surface area contributed by atoms with Crippen molar-refractivity contribution in [3.63, 3.8) is 0 Å².